The molecule has 6 heteroatoms. The molecule has 6 nitrogen and oxygen atoms in total. The van der Waals surface area contributed by atoms with Crippen LogP contribution in [0.5, 0.6) is 0 Å². The number of aliphatic hydroxyl groups is 3. The van der Waals surface area contributed by atoms with Crippen molar-refractivity contribution >= 4 is 11.8 Å². The third-order valence-electron chi connectivity index (χ3n) is 6.11. The average Bonchev–Trinajstić information content (AvgIpc) is 3.00. The summed E-state index contributed by atoms with van der Waals surface area (Å²) < 4.78 is 4.65. The Balaban J connectivity index is 1.88. The number of carbonyl (C=O) groups excluding carboxylic acids is 2. The highest BCUT2D eigenvalue weighted by Crippen LogP contribution is 2.20. The molecule has 176 valence electrons. The third kappa shape index (κ3) is 10.9. The first-order valence-corrected chi connectivity index (χ1v) is 12.3. The normalized spacial score (nSPS) is 21.1. The van der Waals surface area contributed by atoms with Crippen molar-refractivity contribution in [3.63, 3.8) is 0 Å². The second-order valence-electron chi connectivity index (χ2n) is 8.83. The summed E-state index contributed by atoms with van der Waals surface area (Å²) in [5, 5.41) is 29.6. The summed E-state index contributed by atoms with van der Waals surface area (Å²) in [4.78, 5) is 22.4. The Morgan fingerprint density at radius 1 is 0.733 bits per heavy atom. The summed E-state index contributed by atoms with van der Waals surface area (Å²) in [6, 6.07) is 0. The molecule has 4 atom stereocenters. The maximum atomic E-state index is 11.2. The number of hydrogen-bond acceptors (Lipinski definition) is 6. The molecule has 0 amide bonds. The number of aliphatic hydroxyl groups excluding tert-OH is 3. The molecule has 0 spiro atoms. The zero-order chi connectivity index (χ0) is 22.2. The molecule has 1 aliphatic heterocycles. The van der Waals surface area contributed by atoms with E-state index in [-0.39, 0.29) is 0 Å². The van der Waals surface area contributed by atoms with Gasteiger partial charge in [-0.3, -0.25) is 4.79 Å². The van der Waals surface area contributed by atoms with Crippen LogP contribution in [0.25, 0.3) is 0 Å². The van der Waals surface area contributed by atoms with Gasteiger partial charge < -0.3 is 20.1 Å². The van der Waals surface area contributed by atoms with Gasteiger partial charge in [0.15, 0.2) is 12.2 Å². The van der Waals surface area contributed by atoms with E-state index in [0.717, 1.165) is 19.3 Å². The molecule has 0 bridgehead atoms. The van der Waals surface area contributed by atoms with Crippen molar-refractivity contribution in [3.8, 4) is 0 Å². The van der Waals surface area contributed by atoms with E-state index < -0.39 is 36.2 Å². The van der Waals surface area contributed by atoms with E-state index in [2.05, 4.69) is 11.7 Å². The Hall–Kier alpha value is -0.980. The summed E-state index contributed by atoms with van der Waals surface area (Å²) in [6.45, 7) is 2.26. The molecule has 1 rings (SSSR count). The predicted molar refractivity (Wildman–Crippen MR) is 117 cm³/mol. The molecular formula is C24H44O6. The zero-order valence-electron chi connectivity index (χ0n) is 18.9. The number of carbonyl (C=O) groups is 2. The highest BCUT2D eigenvalue weighted by atomic mass is 16.6. The Morgan fingerprint density at radius 3 is 1.50 bits per heavy atom. The molecule has 0 aliphatic carbocycles. The first-order chi connectivity index (χ1) is 14.5. The van der Waals surface area contributed by atoms with E-state index in [1.165, 1.54) is 83.5 Å². The van der Waals surface area contributed by atoms with E-state index in [4.69, 9.17) is 0 Å². The van der Waals surface area contributed by atoms with Crippen molar-refractivity contribution < 1.29 is 29.6 Å². The van der Waals surface area contributed by atoms with Gasteiger partial charge in [0.25, 0.3) is 5.78 Å². The highest BCUT2D eigenvalue weighted by Gasteiger charge is 2.47. The molecule has 1 heterocycles. The van der Waals surface area contributed by atoms with Gasteiger partial charge >= 0.3 is 5.97 Å². The first-order valence-electron chi connectivity index (χ1n) is 12.3. The maximum absolute atomic E-state index is 11.2. The Morgan fingerprint density at radius 2 is 1.13 bits per heavy atom. The molecule has 0 saturated carbocycles. The average molecular weight is 429 g/mol. The lowest BCUT2D eigenvalue weighted by atomic mass is 9.98. The van der Waals surface area contributed by atoms with Crippen LogP contribution in [0, 0.1) is 0 Å². The molecule has 2 unspecified atom stereocenters. The number of unbranched alkanes of at least 4 members (excludes halogenated alkanes) is 15. The Labute approximate surface area is 182 Å². The third-order valence-corrected chi connectivity index (χ3v) is 6.11. The maximum Gasteiger partial charge on any atom is 0.378 e. The summed E-state index contributed by atoms with van der Waals surface area (Å²) in [7, 11) is 0. The molecule has 1 aliphatic rings. The van der Waals surface area contributed by atoms with Crippen LogP contribution in [0.3, 0.4) is 0 Å². The monoisotopic (exact) mass is 428 g/mol. The summed E-state index contributed by atoms with van der Waals surface area (Å²) in [6.07, 6.45) is 15.0. The number of rotatable bonds is 19. The van der Waals surface area contributed by atoms with Gasteiger partial charge in [-0.1, -0.05) is 110 Å². The van der Waals surface area contributed by atoms with Crippen LogP contribution in [0.15, 0.2) is 0 Å². The largest absolute Gasteiger partial charge is 0.450 e. The van der Waals surface area contributed by atoms with Crippen LogP contribution in [0.1, 0.15) is 116 Å². The van der Waals surface area contributed by atoms with Gasteiger partial charge in [-0.25, -0.2) is 4.79 Å². The smallest absolute Gasteiger partial charge is 0.378 e. The summed E-state index contributed by atoms with van der Waals surface area (Å²) in [5.74, 6) is -2.21. The molecule has 1 fully saturated rings. The molecule has 0 radical (unpaired) electrons. The fourth-order valence-corrected chi connectivity index (χ4v) is 4.06. The quantitative estimate of drug-likeness (QED) is 0.162. The molecule has 3 N–H and O–H groups in total. The number of hydrogen-bond donors (Lipinski definition) is 3. The first kappa shape index (κ1) is 27.1. The highest BCUT2D eigenvalue weighted by molar-refractivity contribution is 6.37. The van der Waals surface area contributed by atoms with Crippen molar-refractivity contribution in [3.05, 3.63) is 0 Å². The number of esters is 1. The minimum absolute atomic E-state index is 0.356. The summed E-state index contributed by atoms with van der Waals surface area (Å²) in [5.41, 5.74) is 0. The molecule has 0 aromatic rings. The Kier molecular flexibility index (Phi) is 15.0. The lowest BCUT2D eigenvalue weighted by molar-refractivity contribution is -0.154. The van der Waals surface area contributed by atoms with Crippen molar-refractivity contribution in [1.82, 2.24) is 0 Å². The lowest BCUT2D eigenvalue weighted by Gasteiger charge is -2.23. The minimum atomic E-state index is -1.69. The SMILES string of the molecule is CCCCCCCCCCCCCCCCCCC(O)[C@H](O)[C@H]1OC(=O)C(=O)C1O. The van der Waals surface area contributed by atoms with Crippen LogP contribution >= 0.6 is 0 Å². The van der Waals surface area contributed by atoms with Gasteiger partial charge in [-0.2, -0.15) is 0 Å². The predicted octanol–water partition coefficient (Wildman–Crippen LogP) is 4.22. The van der Waals surface area contributed by atoms with Crippen molar-refractivity contribution in [1.29, 1.82) is 0 Å². The van der Waals surface area contributed by atoms with Gasteiger partial charge in [0.1, 0.15) is 6.10 Å². The van der Waals surface area contributed by atoms with E-state index in [1.54, 1.807) is 0 Å². The van der Waals surface area contributed by atoms with Crippen LogP contribution in [-0.2, 0) is 14.3 Å². The molecule has 0 aromatic carbocycles. The van der Waals surface area contributed by atoms with Crippen LogP contribution < -0.4 is 0 Å². The van der Waals surface area contributed by atoms with Gasteiger partial charge in [0.2, 0.25) is 0 Å². The molecular weight excluding hydrogens is 384 g/mol. The fourth-order valence-electron chi connectivity index (χ4n) is 4.06. The van der Waals surface area contributed by atoms with Crippen molar-refractivity contribution in [2.75, 3.05) is 0 Å². The van der Waals surface area contributed by atoms with Gasteiger partial charge in [-0.05, 0) is 6.42 Å². The fraction of sp³-hybridized carbons (Fsp3) is 0.917. The standard InChI is InChI=1S/C24H44O6/c1-2-3-4-5-6-7-8-9-10-11-12-13-14-15-16-17-18-19(25)20(26)23-21(27)22(28)24(29)30-23/h19-21,23,25-27H,2-18H2,1H3/t19?,20-,21?,23+/m0/s1. The zero-order valence-corrected chi connectivity index (χ0v) is 18.9. The van der Waals surface area contributed by atoms with Gasteiger partial charge in [0.05, 0.1) is 6.10 Å². The van der Waals surface area contributed by atoms with E-state index in [1.807, 2.05) is 0 Å². The Bertz CT molecular complexity index is 467. The molecule has 1 saturated heterocycles. The number of ether oxygens (including phenoxy) is 1. The van der Waals surface area contributed by atoms with E-state index in [9.17, 15) is 24.9 Å². The van der Waals surface area contributed by atoms with Crippen LogP contribution in [0.4, 0.5) is 0 Å². The number of Topliss-reactive ketones (excluding diaryl/α,β-unsaturated/α-hetero) is 1. The van der Waals surface area contributed by atoms with Crippen LogP contribution in [0.2, 0.25) is 0 Å². The number of cyclic esters (lactones) is 1. The van der Waals surface area contributed by atoms with Gasteiger partial charge in [-0.15, -0.1) is 0 Å². The van der Waals surface area contributed by atoms with Gasteiger partial charge in [0, 0.05) is 0 Å². The van der Waals surface area contributed by atoms with Crippen molar-refractivity contribution in [2.45, 2.75) is 140 Å². The topological polar surface area (TPSA) is 104 Å². The lowest BCUT2D eigenvalue weighted by Crippen LogP contribution is -2.44. The van der Waals surface area contributed by atoms with Crippen LogP contribution in [-0.4, -0.2) is 51.5 Å². The van der Waals surface area contributed by atoms with Crippen molar-refractivity contribution in [2.24, 2.45) is 0 Å². The second kappa shape index (κ2) is 16.7. The molecule has 30 heavy (non-hydrogen) atoms. The molecule has 0 aromatic heterocycles. The minimum Gasteiger partial charge on any atom is -0.450 e. The second-order valence-corrected chi connectivity index (χ2v) is 8.83. The summed E-state index contributed by atoms with van der Waals surface area (Å²) >= 11 is 0. The number of ketones is 1. The van der Waals surface area contributed by atoms with E-state index in [0.29, 0.717) is 6.42 Å². The van der Waals surface area contributed by atoms with E-state index >= 15 is 0 Å².